The SMILES string of the molecule is CC1(C)CCC(C)(C)c2c(-c3cccc(C4=CCCC(n5c6ccccc6c6ccc7c8ccccc8n(-c8nc(-c9cccc(-c%10ccccc%10)c9)nc(-c9cccc(-c%10ccccc%10)c9)n8)c7c65)=C4)c3)cccc21. The van der Waals surface area contributed by atoms with Crippen LogP contribution in [0.2, 0.25) is 0 Å². The molecule has 0 atom stereocenters. The van der Waals surface area contributed by atoms with Crippen LogP contribution in [0.5, 0.6) is 0 Å². The van der Waals surface area contributed by atoms with Crippen molar-refractivity contribution in [2.75, 3.05) is 0 Å². The molecule has 0 amide bonds. The second-order valence-electron chi connectivity index (χ2n) is 22.1. The summed E-state index contributed by atoms with van der Waals surface area (Å²) < 4.78 is 4.86. The van der Waals surface area contributed by atoms with Crippen molar-refractivity contribution in [2.45, 2.75) is 64.2 Å². The first-order valence-electron chi connectivity index (χ1n) is 26.9. The molecule has 366 valence electrons. The zero-order chi connectivity index (χ0) is 51.1. The first kappa shape index (κ1) is 45.7. The van der Waals surface area contributed by atoms with E-state index in [0.717, 1.165) is 73.5 Å². The van der Waals surface area contributed by atoms with Gasteiger partial charge in [0.25, 0.3) is 0 Å². The van der Waals surface area contributed by atoms with Crippen molar-refractivity contribution in [3.05, 3.63) is 241 Å². The molecule has 9 aromatic carbocycles. The van der Waals surface area contributed by atoms with Gasteiger partial charge in [0.15, 0.2) is 11.6 Å². The van der Waals surface area contributed by atoms with Gasteiger partial charge < -0.3 is 4.57 Å². The summed E-state index contributed by atoms with van der Waals surface area (Å²) >= 11 is 0. The highest BCUT2D eigenvalue weighted by atomic mass is 15.2. The largest absolute Gasteiger partial charge is 0.311 e. The normalized spacial score (nSPS) is 15.0. The molecule has 5 nitrogen and oxygen atoms in total. The molecule has 0 aliphatic heterocycles. The monoisotopic (exact) mass is 979 g/mol. The molecule has 0 saturated carbocycles. The van der Waals surface area contributed by atoms with E-state index in [2.05, 4.69) is 261 Å². The zero-order valence-corrected chi connectivity index (χ0v) is 43.4. The van der Waals surface area contributed by atoms with Crippen LogP contribution in [-0.4, -0.2) is 24.1 Å². The molecule has 0 saturated heterocycles. The Bertz CT molecular complexity index is 4240. The minimum Gasteiger partial charge on any atom is -0.311 e. The zero-order valence-electron chi connectivity index (χ0n) is 43.4. The van der Waals surface area contributed by atoms with Gasteiger partial charge in [-0.25, -0.2) is 4.98 Å². The molecule has 76 heavy (non-hydrogen) atoms. The Hall–Kier alpha value is -8.93. The van der Waals surface area contributed by atoms with E-state index in [0.29, 0.717) is 17.6 Å². The maximum atomic E-state index is 5.53. The lowest BCUT2D eigenvalue weighted by atomic mass is 9.61. The number of fused-ring (bicyclic) bond motifs is 8. The molecule has 3 aromatic heterocycles. The average molecular weight is 980 g/mol. The lowest BCUT2D eigenvalue weighted by Crippen LogP contribution is -2.34. The molecule has 5 heteroatoms. The summed E-state index contributed by atoms with van der Waals surface area (Å²) in [5.74, 6) is 1.78. The van der Waals surface area contributed by atoms with E-state index in [1.54, 1.807) is 0 Å². The van der Waals surface area contributed by atoms with Crippen LogP contribution >= 0.6 is 0 Å². The Labute approximate surface area is 444 Å². The smallest absolute Gasteiger partial charge is 0.238 e. The molecule has 0 radical (unpaired) electrons. The van der Waals surface area contributed by atoms with E-state index in [1.165, 1.54) is 68.2 Å². The summed E-state index contributed by atoms with van der Waals surface area (Å²) in [7, 11) is 0. The first-order chi connectivity index (χ1) is 37.2. The van der Waals surface area contributed by atoms with Crippen LogP contribution in [0.3, 0.4) is 0 Å². The van der Waals surface area contributed by atoms with Crippen molar-refractivity contribution in [1.82, 2.24) is 24.1 Å². The maximum Gasteiger partial charge on any atom is 0.238 e. The molecule has 12 aromatic rings. The molecule has 0 unspecified atom stereocenters. The van der Waals surface area contributed by atoms with Crippen molar-refractivity contribution in [3.63, 3.8) is 0 Å². The first-order valence-corrected chi connectivity index (χ1v) is 26.9. The van der Waals surface area contributed by atoms with E-state index in [-0.39, 0.29) is 10.8 Å². The Kier molecular flexibility index (Phi) is 10.7. The Morgan fingerprint density at radius 2 is 0.882 bits per heavy atom. The Balaban J connectivity index is 0.987. The quantitative estimate of drug-likeness (QED) is 0.152. The third-order valence-electron chi connectivity index (χ3n) is 16.5. The number of hydrogen-bond donors (Lipinski definition) is 0. The molecule has 0 fully saturated rings. The Morgan fingerprint density at radius 1 is 0.395 bits per heavy atom. The van der Waals surface area contributed by atoms with Crippen LogP contribution in [0.1, 0.15) is 70.1 Å². The number of hydrogen-bond acceptors (Lipinski definition) is 3. The van der Waals surface area contributed by atoms with E-state index >= 15 is 0 Å². The third-order valence-corrected chi connectivity index (χ3v) is 16.5. The van der Waals surface area contributed by atoms with Crippen LogP contribution in [0.15, 0.2) is 224 Å². The molecule has 2 aliphatic carbocycles. The van der Waals surface area contributed by atoms with Crippen molar-refractivity contribution in [2.24, 2.45) is 0 Å². The number of benzene rings is 9. The fourth-order valence-electron chi connectivity index (χ4n) is 12.6. The summed E-state index contributed by atoms with van der Waals surface area (Å²) in [6.45, 7) is 9.70. The van der Waals surface area contributed by atoms with E-state index in [1.807, 2.05) is 0 Å². The molecule has 0 N–H and O–H groups in total. The summed E-state index contributed by atoms with van der Waals surface area (Å²) in [6.07, 6.45) is 9.06. The van der Waals surface area contributed by atoms with Gasteiger partial charge in [-0.15, -0.1) is 0 Å². The minimum atomic E-state index is 0.0876. The second-order valence-corrected chi connectivity index (χ2v) is 22.1. The van der Waals surface area contributed by atoms with E-state index in [9.17, 15) is 0 Å². The van der Waals surface area contributed by atoms with Crippen LogP contribution in [0, 0.1) is 0 Å². The highest BCUT2D eigenvalue weighted by molar-refractivity contribution is 6.24. The fraction of sp³-hybridized carbons (Fsp3) is 0.141. The predicted octanol–water partition coefficient (Wildman–Crippen LogP) is 18.5. The summed E-state index contributed by atoms with van der Waals surface area (Å²) in [5, 5.41) is 4.68. The van der Waals surface area contributed by atoms with Gasteiger partial charge in [0.1, 0.15) is 0 Å². The predicted molar refractivity (Wildman–Crippen MR) is 318 cm³/mol. The summed E-state index contributed by atoms with van der Waals surface area (Å²) in [4.78, 5) is 16.4. The topological polar surface area (TPSA) is 48.5 Å². The molecule has 14 rings (SSSR count). The van der Waals surface area contributed by atoms with Gasteiger partial charge >= 0.3 is 0 Å². The van der Waals surface area contributed by atoms with Gasteiger partial charge in [-0.2, -0.15) is 9.97 Å². The molecule has 2 aliphatic rings. The third kappa shape index (κ3) is 7.63. The maximum absolute atomic E-state index is 5.53. The van der Waals surface area contributed by atoms with Crippen LogP contribution in [-0.2, 0) is 10.8 Å². The number of allylic oxidation sites excluding steroid dienone is 4. The molecule has 0 spiro atoms. The van der Waals surface area contributed by atoms with Crippen molar-refractivity contribution < 1.29 is 0 Å². The van der Waals surface area contributed by atoms with Crippen molar-refractivity contribution in [1.29, 1.82) is 0 Å². The minimum absolute atomic E-state index is 0.0876. The molecular formula is C71H57N5. The summed E-state index contributed by atoms with van der Waals surface area (Å²) in [5.41, 5.74) is 20.3. The van der Waals surface area contributed by atoms with Crippen LogP contribution < -0.4 is 0 Å². The van der Waals surface area contributed by atoms with Crippen molar-refractivity contribution in [3.8, 4) is 62.1 Å². The van der Waals surface area contributed by atoms with Crippen LogP contribution in [0.25, 0.3) is 117 Å². The van der Waals surface area contributed by atoms with Gasteiger partial charge in [0.2, 0.25) is 5.95 Å². The standard InChI is InChI=1S/C71H57N5/c1-70(2)40-41-71(3,4)64-56(34-19-35-61(64)70)52-28-15-26-50(42-52)51-27-18-31-55(45-51)75-62-36-13-11-32-57(62)59-38-39-60-58-33-12-14-37-63(58)76(66(60)65(59)75)69-73-67(53-29-16-24-48(43-53)46-20-7-5-8-21-46)72-68(74-69)54-30-17-25-49(44-54)47-22-9-6-10-23-47/h5-17,19-30,32-39,42-45H,18,31,40-41H2,1-4H3. The number of aromatic nitrogens is 5. The van der Waals surface area contributed by atoms with Gasteiger partial charge in [0, 0.05) is 38.4 Å². The van der Waals surface area contributed by atoms with Crippen molar-refractivity contribution >= 4 is 54.9 Å². The molecular weight excluding hydrogens is 923 g/mol. The number of rotatable bonds is 8. The lowest BCUT2D eigenvalue weighted by Gasteiger charge is -2.43. The molecule has 3 heterocycles. The Morgan fingerprint density at radius 3 is 1.51 bits per heavy atom. The van der Waals surface area contributed by atoms with Gasteiger partial charge in [-0.1, -0.05) is 216 Å². The second kappa shape index (κ2) is 17.9. The van der Waals surface area contributed by atoms with Gasteiger partial charge in [0.05, 0.1) is 22.1 Å². The number of nitrogens with zero attached hydrogens (tertiary/aromatic N) is 5. The summed E-state index contributed by atoms with van der Waals surface area (Å²) in [6, 6.07) is 76.7. The number of para-hydroxylation sites is 2. The average Bonchev–Trinajstić information content (AvgIpc) is 4.18. The van der Waals surface area contributed by atoms with Gasteiger partial charge in [-0.3, -0.25) is 4.57 Å². The van der Waals surface area contributed by atoms with E-state index < -0.39 is 0 Å². The molecule has 0 bridgehead atoms. The van der Waals surface area contributed by atoms with Gasteiger partial charge in [-0.05, 0) is 129 Å². The van der Waals surface area contributed by atoms with Crippen LogP contribution in [0.4, 0.5) is 0 Å². The highest BCUT2D eigenvalue weighted by Gasteiger charge is 2.38. The lowest BCUT2D eigenvalue weighted by molar-refractivity contribution is 0.333. The highest BCUT2D eigenvalue weighted by Crippen LogP contribution is 2.50. The van der Waals surface area contributed by atoms with E-state index in [4.69, 9.17) is 15.0 Å². The fourth-order valence-corrected chi connectivity index (χ4v) is 12.6.